The minimum Gasteiger partial charge on any atom is -0.348 e. The monoisotopic (exact) mass is 160 g/mol. The van der Waals surface area contributed by atoms with Gasteiger partial charge in [0.15, 0.2) is 5.79 Å². The normalized spacial score (nSPS) is 44.2. The lowest BCUT2D eigenvalue weighted by molar-refractivity contribution is -0.179. The second-order valence-electron chi connectivity index (χ2n) is 2.64. The van der Waals surface area contributed by atoms with Gasteiger partial charge < -0.3 is 9.47 Å². The Hall–Kier alpha value is -0.410. The van der Waals surface area contributed by atoms with Crippen molar-refractivity contribution in [2.75, 3.05) is 13.2 Å². The van der Waals surface area contributed by atoms with Crippen LogP contribution in [0.15, 0.2) is 0 Å². The highest BCUT2D eigenvalue weighted by Gasteiger charge is 2.39. The first-order valence-corrected chi connectivity index (χ1v) is 3.60. The van der Waals surface area contributed by atoms with Gasteiger partial charge in [-0.1, -0.05) is 0 Å². The van der Waals surface area contributed by atoms with Gasteiger partial charge >= 0.3 is 0 Å². The van der Waals surface area contributed by atoms with Gasteiger partial charge in [0, 0.05) is 31.1 Å². The van der Waals surface area contributed by atoms with Crippen LogP contribution in [0.2, 0.25) is 0 Å². The van der Waals surface area contributed by atoms with Gasteiger partial charge in [-0.05, 0) is 0 Å². The van der Waals surface area contributed by atoms with Gasteiger partial charge in [0.1, 0.15) is 5.78 Å². The summed E-state index contributed by atoms with van der Waals surface area (Å²) in [5.41, 5.74) is 0. The number of ketones is 1. The number of Topliss-reactive ketones (excluding diaryl/α,β-unsaturated/α-hetero) is 1. The van der Waals surface area contributed by atoms with Crippen LogP contribution in [0.3, 0.4) is 0 Å². The molecular weight excluding hydrogens is 144 g/mol. The number of hydrogen-bond donors (Lipinski definition) is 0. The van der Waals surface area contributed by atoms with E-state index in [1.807, 2.05) is 0 Å². The van der Waals surface area contributed by atoms with E-state index in [0.717, 1.165) is 0 Å². The summed E-state index contributed by atoms with van der Waals surface area (Å²) in [4.78, 5) is 11.4. The molecule has 3 nitrogen and oxygen atoms in total. The van der Waals surface area contributed by atoms with E-state index in [0.29, 0.717) is 13.2 Å². The average molecular weight is 160 g/mol. The van der Waals surface area contributed by atoms with E-state index in [-0.39, 0.29) is 12.8 Å². The van der Waals surface area contributed by atoms with Crippen molar-refractivity contribution in [3.63, 3.8) is 0 Å². The Kier molecular flexibility index (Phi) is 0.937. The lowest BCUT2D eigenvalue weighted by Gasteiger charge is -2.30. The Morgan fingerprint density at radius 2 is 1.82 bits per heavy atom. The molecule has 0 unspecified atom stereocenters. The Morgan fingerprint density at radius 3 is 2.36 bits per heavy atom. The molecule has 1 spiro atoms. The molecule has 0 aromatic carbocycles. The molecule has 1 aliphatic heterocycles. The van der Waals surface area contributed by atoms with Crippen molar-refractivity contribution >= 4 is 5.78 Å². The van der Waals surface area contributed by atoms with Crippen LogP contribution in [0.5, 0.6) is 0 Å². The van der Waals surface area contributed by atoms with Gasteiger partial charge in [0.25, 0.3) is 0 Å². The van der Waals surface area contributed by atoms with Crippen molar-refractivity contribution in [1.82, 2.24) is 0 Å². The SMILES string of the molecule is [2H]C1([2H])CC2(CC([2H])([2H])C1=O)OCCO2. The van der Waals surface area contributed by atoms with E-state index in [1.54, 1.807) is 0 Å². The van der Waals surface area contributed by atoms with Gasteiger partial charge in [0.2, 0.25) is 0 Å². The highest BCUT2D eigenvalue weighted by atomic mass is 16.7. The molecule has 0 bridgehead atoms. The maximum Gasteiger partial charge on any atom is 0.169 e. The summed E-state index contributed by atoms with van der Waals surface area (Å²) in [6.45, 7) is 0.640. The van der Waals surface area contributed by atoms with Gasteiger partial charge in [-0.3, -0.25) is 4.79 Å². The van der Waals surface area contributed by atoms with Crippen molar-refractivity contribution in [3.05, 3.63) is 0 Å². The molecule has 0 aromatic heterocycles. The van der Waals surface area contributed by atoms with Crippen LogP contribution in [-0.2, 0) is 14.3 Å². The van der Waals surface area contributed by atoms with Crippen LogP contribution >= 0.6 is 0 Å². The predicted molar refractivity (Wildman–Crippen MR) is 38.1 cm³/mol. The number of carbonyl (C=O) groups excluding carboxylic acids is 1. The molecule has 1 saturated carbocycles. The van der Waals surface area contributed by atoms with E-state index in [2.05, 4.69) is 0 Å². The van der Waals surface area contributed by atoms with Crippen molar-refractivity contribution < 1.29 is 19.8 Å². The van der Waals surface area contributed by atoms with Crippen molar-refractivity contribution in [1.29, 1.82) is 0 Å². The minimum atomic E-state index is -2.22. The molecule has 0 atom stereocenters. The molecule has 3 heteroatoms. The Balaban J connectivity index is 2.31. The summed E-state index contributed by atoms with van der Waals surface area (Å²) in [6.07, 6.45) is -4.88. The molecule has 2 aliphatic rings. The first-order valence-electron chi connectivity index (χ1n) is 5.60. The summed E-state index contributed by atoms with van der Waals surface area (Å²) < 4.78 is 40.5. The molecular formula is C8H12O3. The lowest BCUT2D eigenvalue weighted by atomic mass is 9.93. The molecule has 1 saturated heterocycles. The summed E-state index contributed by atoms with van der Waals surface area (Å²) >= 11 is 0. The van der Waals surface area contributed by atoms with Gasteiger partial charge in [0.05, 0.1) is 13.2 Å². The second kappa shape index (κ2) is 2.57. The van der Waals surface area contributed by atoms with Crippen LogP contribution in [-0.4, -0.2) is 24.8 Å². The summed E-state index contributed by atoms with van der Waals surface area (Å²) in [6, 6.07) is 0. The summed E-state index contributed by atoms with van der Waals surface area (Å²) in [7, 11) is 0. The second-order valence-corrected chi connectivity index (χ2v) is 2.64. The molecule has 11 heavy (non-hydrogen) atoms. The lowest BCUT2D eigenvalue weighted by Crippen LogP contribution is -2.35. The van der Waals surface area contributed by atoms with Crippen LogP contribution in [0.1, 0.15) is 31.1 Å². The zero-order chi connectivity index (χ0) is 11.3. The quantitative estimate of drug-likeness (QED) is 0.527. The fourth-order valence-corrected chi connectivity index (χ4v) is 1.26. The predicted octanol–water partition coefficient (Wildman–Crippen LogP) is 0.873. The first-order chi connectivity index (χ1) is 6.78. The topological polar surface area (TPSA) is 35.5 Å². The van der Waals surface area contributed by atoms with Gasteiger partial charge in [-0.2, -0.15) is 0 Å². The van der Waals surface area contributed by atoms with Gasteiger partial charge in [-0.15, -0.1) is 0 Å². The van der Waals surface area contributed by atoms with E-state index >= 15 is 0 Å². The largest absolute Gasteiger partial charge is 0.348 e. The zero-order valence-corrected chi connectivity index (χ0v) is 6.05. The molecule has 1 heterocycles. The van der Waals surface area contributed by atoms with E-state index < -0.39 is 24.3 Å². The number of carbonyl (C=O) groups is 1. The Morgan fingerprint density at radius 1 is 1.27 bits per heavy atom. The molecule has 2 fully saturated rings. The van der Waals surface area contributed by atoms with Crippen LogP contribution in [0.25, 0.3) is 0 Å². The first kappa shape index (κ1) is 4.01. The third-order valence-electron chi connectivity index (χ3n) is 1.85. The number of ether oxygens (including phenoxy) is 2. The van der Waals surface area contributed by atoms with Gasteiger partial charge in [-0.25, -0.2) is 0 Å². The van der Waals surface area contributed by atoms with E-state index in [4.69, 9.17) is 15.0 Å². The Labute approximate surface area is 71.3 Å². The molecule has 1 aliphatic carbocycles. The molecule has 62 valence electrons. The molecule has 0 aromatic rings. The highest BCUT2D eigenvalue weighted by Crippen LogP contribution is 2.33. The fourth-order valence-electron chi connectivity index (χ4n) is 1.26. The average Bonchev–Trinajstić information content (AvgIpc) is 2.47. The number of hydrogen-bond acceptors (Lipinski definition) is 3. The molecule has 0 amide bonds. The fraction of sp³-hybridized carbons (Fsp3) is 0.875. The maximum atomic E-state index is 11.4. The summed E-state index contributed by atoms with van der Waals surface area (Å²) in [5.74, 6) is -2.26. The highest BCUT2D eigenvalue weighted by molar-refractivity contribution is 5.79. The van der Waals surface area contributed by atoms with Crippen molar-refractivity contribution in [3.8, 4) is 0 Å². The number of rotatable bonds is 0. The van der Waals surface area contributed by atoms with Crippen molar-refractivity contribution in [2.45, 2.75) is 31.4 Å². The smallest absolute Gasteiger partial charge is 0.169 e. The van der Waals surface area contributed by atoms with Crippen molar-refractivity contribution in [2.24, 2.45) is 0 Å². The van der Waals surface area contributed by atoms with Crippen LogP contribution in [0, 0.1) is 0 Å². The van der Waals surface area contributed by atoms with Crippen LogP contribution in [0.4, 0.5) is 0 Å². The third-order valence-corrected chi connectivity index (χ3v) is 1.85. The third kappa shape index (κ3) is 1.30. The molecule has 0 N–H and O–H groups in total. The van der Waals surface area contributed by atoms with E-state index in [1.165, 1.54) is 0 Å². The molecule has 0 radical (unpaired) electrons. The summed E-state index contributed by atoms with van der Waals surface area (Å²) in [5, 5.41) is 0. The van der Waals surface area contributed by atoms with E-state index in [9.17, 15) is 4.79 Å². The maximum absolute atomic E-state index is 11.4. The minimum absolute atomic E-state index is 0.224. The Bertz CT molecular complexity index is 274. The van der Waals surface area contributed by atoms with Crippen LogP contribution < -0.4 is 0 Å². The molecule has 2 rings (SSSR count). The zero-order valence-electron chi connectivity index (χ0n) is 10.1. The standard InChI is InChI=1S/C8H12O3/c9-7-1-3-8(4-2-7)10-5-6-11-8/h1-6H2/i1D2,2D2.